The quantitative estimate of drug-likeness (QED) is 0.593. The topological polar surface area (TPSA) is 78.4 Å². The van der Waals surface area contributed by atoms with Gasteiger partial charge in [-0.05, 0) is 12.5 Å². The summed E-state index contributed by atoms with van der Waals surface area (Å²) in [6, 6.07) is -0.809. The lowest BCUT2D eigenvalue weighted by atomic mass is 10.0. The zero-order valence-electron chi connectivity index (χ0n) is 10.4. The van der Waals surface area contributed by atoms with Crippen LogP contribution in [0.15, 0.2) is 0 Å². The molecule has 0 saturated heterocycles. The highest BCUT2D eigenvalue weighted by Crippen LogP contribution is 2.03. The van der Waals surface area contributed by atoms with Gasteiger partial charge < -0.3 is 15.7 Å². The fraction of sp³-hybridized carbons (Fsp3) is 0.818. The van der Waals surface area contributed by atoms with Crippen molar-refractivity contribution in [2.45, 2.75) is 33.7 Å². The van der Waals surface area contributed by atoms with E-state index < -0.39 is 12.0 Å². The van der Waals surface area contributed by atoms with Crippen LogP contribution < -0.4 is 10.6 Å². The Balaban J connectivity index is 4.24. The van der Waals surface area contributed by atoms with E-state index in [1.54, 1.807) is 20.8 Å². The summed E-state index contributed by atoms with van der Waals surface area (Å²) in [5.41, 5.74) is 0. The summed E-state index contributed by atoms with van der Waals surface area (Å²) >= 11 is 0. The van der Waals surface area contributed by atoms with Crippen LogP contribution in [0.2, 0.25) is 0 Å². The molecule has 5 nitrogen and oxygen atoms in total. The summed E-state index contributed by atoms with van der Waals surface area (Å²) in [7, 11) is 0. The number of aliphatic carboxylic acids is 1. The van der Waals surface area contributed by atoms with E-state index in [0.717, 1.165) is 6.54 Å². The van der Waals surface area contributed by atoms with Gasteiger partial charge >= 0.3 is 5.97 Å². The molecule has 0 aromatic heterocycles. The van der Waals surface area contributed by atoms with Crippen molar-refractivity contribution >= 4 is 11.9 Å². The van der Waals surface area contributed by atoms with Gasteiger partial charge in [-0.25, -0.2) is 4.79 Å². The predicted molar refractivity (Wildman–Crippen MR) is 62.1 cm³/mol. The molecular formula is C11H22N2O3. The lowest BCUT2D eigenvalue weighted by molar-refractivity contribution is -0.143. The predicted octanol–water partition coefficient (Wildman–Crippen LogP) is 0.457. The molecule has 5 heteroatoms. The third-order valence-electron chi connectivity index (χ3n) is 2.38. The van der Waals surface area contributed by atoms with Gasteiger partial charge in [0.15, 0.2) is 0 Å². The zero-order valence-corrected chi connectivity index (χ0v) is 10.4. The van der Waals surface area contributed by atoms with Crippen LogP contribution in [0.4, 0.5) is 0 Å². The lowest BCUT2D eigenvalue weighted by Gasteiger charge is -2.20. The summed E-state index contributed by atoms with van der Waals surface area (Å²) in [4.78, 5) is 22.5. The number of hydrogen-bond donors (Lipinski definition) is 3. The van der Waals surface area contributed by atoms with Gasteiger partial charge in [0.1, 0.15) is 6.04 Å². The van der Waals surface area contributed by atoms with Gasteiger partial charge in [-0.1, -0.05) is 27.7 Å². The Bertz CT molecular complexity index is 241. The standard InChI is InChI=1S/C11H22N2O3/c1-5-12-6-8(4)10(14)13-9(7(2)3)11(15)16/h7-9,12H,5-6H2,1-4H3,(H,13,14)(H,15,16). The molecular weight excluding hydrogens is 208 g/mol. The molecule has 0 aromatic rings. The zero-order chi connectivity index (χ0) is 12.7. The van der Waals surface area contributed by atoms with Crippen LogP contribution in [0, 0.1) is 11.8 Å². The van der Waals surface area contributed by atoms with Gasteiger partial charge in [-0.3, -0.25) is 4.79 Å². The first-order valence-corrected chi connectivity index (χ1v) is 5.64. The lowest BCUT2D eigenvalue weighted by Crippen LogP contribution is -2.47. The van der Waals surface area contributed by atoms with Crippen LogP contribution in [0.1, 0.15) is 27.7 Å². The highest BCUT2D eigenvalue weighted by molar-refractivity contribution is 5.85. The van der Waals surface area contributed by atoms with Crippen LogP contribution in [0.5, 0.6) is 0 Å². The molecule has 0 heterocycles. The Morgan fingerprint density at radius 1 is 1.25 bits per heavy atom. The average Bonchev–Trinajstić information content (AvgIpc) is 2.20. The van der Waals surface area contributed by atoms with Crippen molar-refractivity contribution in [1.82, 2.24) is 10.6 Å². The first-order valence-electron chi connectivity index (χ1n) is 5.64. The van der Waals surface area contributed by atoms with Crippen molar-refractivity contribution in [2.75, 3.05) is 13.1 Å². The fourth-order valence-corrected chi connectivity index (χ4v) is 1.26. The summed E-state index contributed by atoms with van der Waals surface area (Å²) in [6.07, 6.45) is 0. The highest BCUT2D eigenvalue weighted by Gasteiger charge is 2.25. The van der Waals surface area contributed by atoms with E-state index in [-0.39, 0.29) is 17.7 Å². The van der Waals surface area contributed by atoms with Gasteiger partial charge in [0.05, 0.1) is 0 Å². The summed E-state index contributed by atoms with van der Waals surface area (Å²) in [5.74, 6) is -1.55. The first kappa shape index (κ1) is 14.9. The van der Waals surface area contributed by atoms with Crippen molar-refractivity contribution in [1.29, 1.82) is 0 Å². The third kappa shape index (κ3) is 5.11. The van der Waals surface area contributed by atoms with Crippen LogP contribution in [-0.2, 0) is 9.59 Å². The molecule has 94 valence electrons. The molecule has 2 atom stereocenters. The number of carboxylic acids is 1. The number of amides is 1. The average molecular weight is 230 g/mol. The molecule has 0 aromatic carbocycles. The van der Waals surface area contributed by atoms with Crippen molar-refractivity contribution in [3.05, 3.63) is 0 Å². The molecule has 0 rings (SSSR count). The molecule has 0 saturated carbocycles. The highest BCUT2D eigenvalue weighted by atomic mass is 16.4. The minimum atomic E-state index is -0.987. The molecule has 2 unspecified atom stereocenters. The Kier molecular flexibility index (Phi) is 6.72. The number of hydrogen-bond acceptors (Lipinski definition) is 3. The Morgan fingerprint density at radius 2 is 1.81 bits per heavy atom. The van der Waals surface area contributed by atoms with E-state index in [1.807, 2.05) is 6.92 Å². The monoisotopic (exact) mass is 230 g/mol. The van der Waals surface area contributed by atoms with E-state index in [0.29, 0.717) is 6.54 Å². The fourth-order valence-electron chi connectivity index (χ4n) is 1.26. The molecule has 0 aliphatic rings. The van der Waals surface area contributed by atoms with Crippen molar-refractivity contribution in [3.8, 4) is 0 Å². The SMILES string of the molecule is CCNCC(C)C(=O)NC(C(=O)O)C(C)C. The second-order valence-corrected chi connectivity index (χ2v) is 4.28. The molecule has 0 radical (unpaired) electrons. The van der Waals surface area contributed by atoms with Gasteiger partial charge in [-0.15, -0.1) is 0 Å². The molecule has 0 aliphatic carbocycles. The maximum atomic E-state index is 11.7. The smallest absolute Gasteiger partial charge is 0.326 e. The Labute approximate surface area is 96.6 Å². The summed E-state index contributed by atoms with van der Waals surface area (Å²) in [5, 5.41) is 14.5. The minimum absolute atomic E-state index is 0.118. The maximum Gasteiger partial charge on any atom is 0.326 e. The molecule has 0 bridgehead atoms. The molecule has 3 N–H and O–H groups in total. The normalized spacial score (nSPS) is 14.6. The molecule has 0 spiro atoms. The van der Waals surface area contributed by atoms with E-state index in [1.165, 1.54) is 0 Å². The molecule has 0 fully saturated rings. The van der Waals surface area contributed by atoms with Crippen molar-refractivity contribution in [2.24, 2.45) is 11.8 Å². The van der Waals surface area contributed by atoms with E-state index >= 15 is 0 Å². The minimum Gasteiger partial charge on any atom is -0.480 e. The molecule has 16 heavy (non-hydrogen) atoms. The van der Waals surface area contributed by atoms with Gasteiger partial charge in [0, 0.05) is 12.5 Å². The largest absolute Gasteiger partial charge is 0.480 e. The van der Waals surface area contributed by atoms with Crippen LogP contribution in [0.25, 0.3) is 0 Å². The first-order chi connectivity index (χ1) is 7.40. The van der Waals surface area contributed by atoms with Gasteiger partial charge in [0.2, 0.25) is 5.91 Å². The summed E-state index contributed by atoms with van der Waals surface area (Å²) < 4.78 is 0. The van der Waals surface area contributed by atoms with Crippen molar-refractivity contribution < 1.29 is 14.7 Å². The van der Waals surface area contributed by atoms with E-state index in [2.05, 4.69) is 10.6 Å². The van der Waals surface area contributed by atoms with Gasteiger partial charge in [-0.2, -0.15) is 0 Å². The van der Waals surface area contributed by atoms with E-state index in [4.69, 9.17) is 5.11 Å². The van der Waals surface area contributed by atoms with Gasteiger partial charge in [0.25, 0.3) is 0 Å². The number of carbonyl (C=O) groups is 2. The summed E-state index contributed by atoms with van der Waals surface area (Å²) in [6.45, 7) is 8.63. The molecule has 0 aliphatic heterocycles. The number of nitrogens with one attached hydrogen (secondary N) is 2. The van der Waals surface area contributed by atoms with Crippen LogP contribution >= 0.6 is 0 Å². The molecule has 1 amide bonds. The third-order valence-corrected chi connectivity index (χ3v) is 2.38. The second kappa shape index (κ2) is 7.22. The van der Waals surface area contributed by atoms with E-state index in [9.17, 15) is 9.59 Å². The number of carboxylic acid groups (broad SMARTS) is 1. The number of rotatable bonds is 7. The number of carbonyl (C=O) groups excluding carboxylic acids is 1. The maximum absolute atomic E-state index is 11.7. The van der Waals surface area contributed by atoms with Crippen molar-refractivity contribution in [3.63, 3.8) is 0 Å². The Morgan fingerprint density at radius 3 is 2.19 bits per heavy atom. The van der Waals surface area contributed by atoms with Crippen LogP contribution in [0.3, 0.4) is 0 Å². The second-order valence-electron chi connectivity index (χ2n) is 4.28. The van der Waals surface area contributed by atoms with Crippen LogP contribution in [-0.4, -0.2) is 36.1 Å². The Hall–Kier alpha value is -1.10.